The number of rotatable bonds is 3. The van der Waals surface area contributed by atoms with Gasteiger partial charge in [0.25, 0.3) is 0 Å². The zero-order valence-electron chi connectivity index (χ0n) is 15.3. The zero-order valence-corrected chi connectivity index (χ0v) is 15.3. The number of hydrogen-bond donors (Lipinski definition) is 1. The Morgan fingerprint density at radius 2 is 1.54 bits per heavy atom. The number of nitrogens with one attached hydrogen (secondary N) is 1. The van der Waals surface area contributed by atoms with Crippen LogP contribution in [0.5, 0.6) is 0 Å². The molecular formula is C16H18F7N5. The monoisotopic (exact) mass is 413 g/mol. The lowest BCUT2D eigenvalue weighted by Crippen LogP contribution is -2.38. The molecule has 2 aromatic heterocycles. The minimum Gasteiger partial charge on any atom is -0.342 e. The predicted molar refractivity (Wildman–Crippen MR) is 86.9 cm³/mol. The average molecular weight is 413 g/mol. The Bertz CT molecular complexity index is 866. The predicted octanol–water partition coefficient (Wildman–Crippen LogP) is 4.24. The van der Waals surface area contributed by atoms with Gasteiger partial charge in [-0.15, -0.1) is 0 Å². The number of imidazole rings is 1. The lowest BCUT2D eigenvalue weighted by Gasteiger charge is -2.21. The van der Waals surface area contributed by atoms with E-state index in [9.17, 15) is 30.7 Å². The van der Waals surface area contributed by atoms with Crippen LogP contribution < -0.4 is 4.90 Å². The van der Waals surface area contributed by atoms with Gasteiger partial charge in [-0.25, -0.2) is 15.0 Å². The molecule has 2 aromatic rings. The molecule has 1 fully saturated rings. The lowest BCUT2D eigenvalue weighted by atomic mass is 9.96. The fourth-order valence-electron chi connectivity index (χ4n) is 2.79. The van der Waals surface area contributed by atoms with Crippen molar-refractivity contribution in [3.05, 3.63) is 11.6 Å². The van der Waals surface area contributed by atoms with Crippen molar-refractivity contribution >= 4 is 17.0 Å². The molecule has 0 radical (unpaired) electrons. The van der Waals surface area contributed by atoms with E-state index >= 15 is 0 Å². The van der Waals surface area contributed by atoms with Crippen LogP contribution in [0.25, 0.3) is 11.2 Å². The van der Waals surface area contributed by atoms with Crippen LogP contribution in [0.4, 0.5) is 36.6 Å². The van der Waals surface area contributed by atoms with Gasteiger partial charge in [0.2, 0.25) is 0 Å². The van der Waals surface area contributed by atoms with E-state index in [0.29, 0.717) is 4.90 Å². The highest BCUT2D eigenvalue weighted by Crippen LogP contribution is 2.43. The van der Waals surface area contributed by atoms with Crippen molar-refractivity contribution in [2.45, 2.75) is 57.0 Å². The highest BCUT2D eigenvalue weighted by atomic mass is 19.4. The molecular weight excluding hydrogens is 395 g/mol. The number of fused-ring (bicyclic) bond motifs is 1. The van der Waals surface area contributed by atoms with Crippen molar-refractivity contribution in [1.82, 2.24) is 19.9 Å². The summed E-state index contributed by atoms with van der Waals surface area (Å²) in [6.07, 6.45) is -6.05. The summed E-state index contributed by atoms with van der Waals surface area (Å²) in [7, 11) is 0. The van der Waals surface area contributed by atoms with Crippen molar-refractivity contribution in [2.24, 2.45) is 0 Å². The maximum absolute atomic E-state index is 13.7. The molecule has 0 aliphatic carbocycles. The van der Waals surface area contributed by atoms with E-state index in [0.717, 1.165) is 0 Å². The topological polar surface area (TPSA) is 57.7 Å². The molecule has 0 saturated carbocycles. The molecule has 1 aliphatic rings. The van der Waals surface area contributed by atoms with Gasteiger partial charge < -0.3 is 9.88 Å². The Morgan fingerprint density at radius 3 is 2.04 bits per heavy atom. The summed E-state index contributed by atoms with van der Waals surface area (Å²) in [6, 6.07) is 0. The van der Waals surface area contributed by atoms with Gasteiger partial charge in [0, 0.05) is 11.8 Å². The fraction of sp³-hybridized carbons (Fsp3) is 0.688. The Morgan fingerprint density at radius 1 is 0.964 bits per heavy atom. The van der Waals surface area contributed by atoms with Gasteiger partial charge in [-0.2, -0.15) is 30.7 Å². The maximum atomic E-state index is 13.7. The van der Waals surface area contributed by atoms with Crippen LogP contribution in [0.2, 0.25) is 0 Å². The highest BCUT2D eigenvalue weighted by Gasteiger charge is 2.63. The molecule has 1 N–H and O–H groups in total. The van der Waals surface area contributed by atoms with Gasteiger partial charge in [-0.3, -0.25) is 0 Å². The number of aryl methyl sites for hydroxylation is 1. The quantitative estimate of drug-likeness (QED) is 0.765. The molecule has 1 aliphatic heterocycles. The summed E-state index contributed by atoms with van der Waals surface area (Å²) in [6.45, 7) is 2.63. The summed E-state index contributed by atoms with van der Waals surface area (Å²) in [5, 5.41) is 0. The van der Waals surface area contributed by atoms with E-state index in [1.54, 1.807) is 20.8 Å². The van der Waals surface area contributed by atoms with Gasteiger partial charge in [-0.1, -0.05) is 20.8 Å². The van der Waals surface area contributed by atoms with Gasteiger partial charge in [-0.05, 0) is 0 Å². The van der Waals surface area contributed by atoms with E-state index in [1.165, 1.54) is 0 Å². The standard InChI is InChI=1S/C16H18F7N5/c1-13(2,3)12-26-10-9(24-8(25-10)4-5-16(21,22)23)11(27-12)28-6-14(17,18)15(19,20)7-28/h4-7H2,1-3H3,(H,24,25,26,27). The third kappa shape index (κ3) is 3.86. The highest BCUT2D eigenvalue weighted by molar-refractivity contribution is 5.84. The Kier molecular flexibility index (Phi) is 4.54. The minimum atomic E-state index is -4.41. The van der Waals surface area contributed by atoms with Crippen LogP contribution in [0.3, 0.4) is 0 Å². The normalized spacial score (nSPS) is 19.6. The van der Waals surface area contributed by atoms with Crippen LogP contribution in [0.15, 0.2) is 0 Å². The van der Waals surface area contributed by atoms with E-state index in [1.807, 2.05) is 0 Å². The minimum absolute atomic E-state index is 0.0429. The summed E-state index contributed by atoms with van der Waals surface area (Å²) < 4.78 is 92.1. The average Bonchev–Trinajstić information content (AvgIpc) is 3.00. The van der Waals surface area contributed by atoms with Gasteiger partial charge in [0.1, 0.15) is 17.2 Å². The second kappa shape index (κ2) is 6.18. The smallest absolute Gasteiger partial charge is 0.342 e. The summed E-state index contributed by atoms with van der Waals surface area (Å²) in [4.78, 5) is 15.6. The first-order valence-corrected chi connectivity index (χ1v) is 8.43. The van der Waals surface area contributed by atoms with Crippen molar-refractivity contribution in [3.63, 3.8) is 0 Å². The molecule has 3 rings (SSSR count). The number of anilines is 1. The first-order chi connectivity index (χ1) is 12.6. The van der Waals surface area contributed by atoms with E-state index in [2.05, 4.69) is 19.9 Å². The molecule has 0 aromatic carbocycles. The van der Waals surface area contributed by atoms with Crippen LogP contribution >= 0.6 is 0 Å². The van der Waals surface area contributed by atoms with Crippen molar-refractivity contribution < 1.29 is 30.7 Å². The van der Waals surface area contributed by atoms with Crippen molar-refractivity contribution in [1.29, 1.82) is 0 Å². The van der Waals surface area contributed by atoms with Crippen molar-refractivity contribution in [3.8, 4) is 0 Å². The maximum Gasteiger partial charge on any atom is 0.389 e. The van der Waals surface area contributed by atoms with E-state index in [4.69, 9.17) is 0 Å². The van der Waals surface area contributed by atoms with Crippen LogP contribution in [-0.2, 0) is 11.8 Å². The molecule has 156 valence electrons. The molecule has 0 atom stereocenters. The van der Waals surface area contributed by atoms with Crippen LogP contribution in [-0.4, -0.2) is 51.0 Å². The van der Waals surface area contributed by atoms with Crippen LogP contribution in [0, 0.1) is 0 Å². The largest absolute Gasteiger partial charge is 0.389 e. The third-order valence-corrected chi connectivity index (χ3v) is 4.31. The second-order valence-electron chi connectivity index (χ2n) is 7.88. The summed E-state index contributed by atoms with van der Waals surface area (Å²) >= 11 is 0. The van der Waals surface area contributed by atoms with Crippen molar-refractivity contribution in [2.75, 3.05) is 18.0 Å². The fourth-order valence-corrected chi connectivity index (χ4v) is 2.79. The number of halogens is 7. The van der Waals surface area contributed by atoms with Gasteiger partial charge in [0.15, 0.2) is 11.5 Å². The van der Waals surface area contributed by atoms with Gasteiger partial charge >= 0.3 is 18.0 Å². The Hall–Kier alpha value is -2.14. The first-order valence-electron chi connectivity index (χ1n) is 8.43. The van der Waals surface area contributed by atoms with E-state index in [-0.39, 0.29) is 28.6 Å². The summed E-state index contributed by atoms with van der Waals surface area (Å²) in [5.41, 5.74) is -0.761. The Labute approximate surface area is 155 Å². The number of nitrogens with zero attached hydrogens (tertiary/aromatic N) is 4. The molecule has 28 heavy (non-hydrogen) atoms. The molecule has 0 unspecified atom stereocenters. The lowest BCUT2D eigenvalue weighted by molar-refractivity contribution is -0.172. The number of aromatic amines is 1. The number of aromatic nitrogens is 4. The van der Waals surface area contributed by atoms with E-state index < -0.39 is 49.4 Å². The number of hydrogen-bond acceptors (Lipinski definition) is 4. The summed E-state index contributed by atoms with van der Waals surface area (Å²) in [5.74, 6) is -8.66. The molecule has 0 bridgehead atoms. The SMILES string of the molecule is CC(C)(C)c1nc(N2CC(F)(F)C(F)(F)C2)c2[nH]c(CCC(F)(F)F)nc2n1. The zero-order chi connectivity index (χ0) is 21.1. The van der Waals surface area contributed by atoms with Crippen LogP contribution in [0.1, 0.15) is 38.8 Å². The molecule has 0 spiro atoms. The molecule has 1 saturated heterocycles. The molecule has 5 nitrogen and oxygen atoms in total. The Balaban J connectivity index is 2.08. The molecule has 12 heteroatoms. The number of alkyl halides is 7. The van der Waals surface area contributed by atoms with Gasteiger partial charge in [0.05, 0.1) is 19.5 Å². The molecule has 3 heterocycles. The first kappa shape index (κ1) is 20.6. The third-order valence-electron chi connectivity index (χ3n) is 4.31. The number of H-pyrrole nitrogens is 1. The second-order valence-corrected chi connectivity index (χ2v) is 7.88. The molecule has 0 amide bonds.